The first-order valence-electron chi connectivity index (χ1n) is 6.00. The van der Waals surface area contributed by atoms with Crippen molar-refractivity contribution in [1.82, 2.24) is 5.32 Å². The molecular formula is C13H16ClNO2S. The quantitative estimate of drug-likeness (QED) is 0.870. The SMILES string of the molecule is O=C(C[S@](=O)Cc1ccccc1Cl)NCC1CC1. The molecule has 3 nitrogen and oxygen atoms in total. The lowest BCUT2D eigenvalue weighted by molar-refractivity contribution is -0.118. The molecule has 1 fully saturated rings. The molecule has 0 heterocycles. The number of nitrogens with one attached hydrogen (secondary N) is 1. The highest BCUT2D eigenvalue weighted by Crippen LogP contribution is 2.27. The highest BCUT2D eigenvalue weighted by atomic mass is 35.5. The fraction of sp³-hybridized carbons (Fsp3) is 0.462. The van der Waals surface area contributed by atoms with Crippen molar-refractivity contribution in [3.63, 3.8) is 0 Å². The maximum absolute atomic E-state index is 11.8. The minimum Gasteiger partial charge on any atom is -0.355 e. The fourth-order valence-corrected chi connectivity index (χ4v) is 2.99. The Kier molecular flexibility index (Phi) is 4.78. The van der Waals surface area contributed by atoms with E-state index in [-0.39, 0.29) is 11.7 Å². The number of benzene rings is 1. The predicted octanol–water partition coefficient (Wildman–Crippen LogP) is 2.11. The Morgan fingerprint density at radius 2 is 2.11 bits per heavy atom. The zero-order valence-corrected chi connectivity index (χ0v) is 11.6. The van der Waals surface area contributed by atoms with E-state index < -0.39 is 10.8 Å². The molecule has 1 N–H and O–H groups in total. The maximum Gasteiger partial charge on any atom is 0.232 e. The molecule has 1 saturated carbocycles. The molecule has 0 aliphatic heterocycles. The molecule has 0 aromatic heterocycles. The van der Waals surface area contributed by atoms with Gasteiger partial charge in [-0.1, -0.05) is 29.8 Å². The van der Waals surface area contributed by atoms with Crippen molar-refractivity contribution in [2.75, 3.05) is 12.3 Å². The zero-order valence-electron chi connectivity index (χ0n) is 10.0. The molecule has 1 aliphatic rings. The van der Waals surface area contributed by atoms with Gasteiger partial charge in [-0.3, -0.25) is 9.00 Å². The maximum atomic E-state index is 11.8. The van der Waals surface area contributed by atoms with Crippen molar-refractivity contribution < 1.29 is 9.00 Å². The molecule has 1 aromatic carbocycles. The highest BCUT2D eigenvalue weighted by Gasteiger charge is 2.21. The molecule has 2 rings (SSSR count). The zero-order chi connectivity index (χ0) is 13.0. The van der Waals surface area contributed by atoms with Crippen LogP contribution in [-0.4, -0.2) is 22.4 Å². The van der Waals surface area contributed by atoms with Gasteiger partial charge in [0.15, 0.2) is 0 Å². The molecule has 0 spiro atoms. The lowest BCUT2D eigenvalue weighted by Crippen LogP contribution is -2.30. The van der Waals surface area contributed by atoms with Gasteiger partial charge in [0.1, 0.15) is 5.75 Å². The Labute approximate surface area is 114 Å². The predicted molar refractivity (Wildman–Crippen MR) is 73.9 cm³/mol. The van der Waals surface area contributed by atoms with Crippen molar-refractivity contribution in [2.24, 2.45) is 5.92 Å². The van der Waals surface area contributed by atoms with Gasteiger partial charge in [0.2, 0.25) is 5.91 Å². The van der Waals surface area contributed by atoms with Crippen molar-refractivity contribution in [3.8, 4) is 0 Å². The second-order valence-corrected chi connectivity index (χ2v) is 6.43. The molecule has 18 heavy (non-hydrogen) atoms. The Morgan fingerprint density at radius 3 is 2.78 bits per heavy atom. The van der Waals surface area contributed by atoms with Crippen molar-refractivity contribution in [3.05, 3.63) is 34.9 Å². The van der Waals surface area contributed by atoms with E-state index in [1.54, 1.807) is 6.07 Å². The van der Waals surface area contributed by atoms with E-state index in [9.17, 15) is 9.00 Å². The third-order valence-electron chi connectivity index (χ3n) is 2.85. The minimum atomic E-state index is -1.20. The van der Waals surface area contributed by atoms with Gasteiger partial charge in [-0.15, -0.1) is 0 Å². The summed E-state index contributed by atoms with van der Waals surface area (Å²) in [6.45, 7) is 0.724. The van der Waals surface area contributed by atoms with Gasteiger partial charge in [0, 0.05) is 22.4 Å². The van der Waals surface area contributed by atoms with Gasteiger partial charge >= 0.3 is 0 Å². The Hall–Kier alpha value is -0.870. The first-order chi connectivity index (χ1) is 8.65. The van der Waals surface area contributed by atoms with E-state index in [0.717, 1.165) is 12.1 Å². The summed E-state index contributed by atoms with van der Waals surface area (Å²) in [4.78, 5) is 11.5. The standard InChI is InChI=1S/C13H16ClNO2S/c14-12-4-2-1-3-11(12)8-18(17)9-13(16)15-7-10-5-6-10/h1-4,10H,5-9H2,(H,15,16)/t18-/m1/s1. The van der Waals surface area contributed by atoms with E-state index in [2.05, 4.69) is 5.32 Å². The molecule has 5 heteroatoms. The molecule has 1 aliphatic carbocycles. The van der Waals surface area contributed by atoms with Crippen LogP contribution in [0, 0.1) is 5.92 Å². The van der Waals surface area contributed by atoms with Gasteiger partial charge in [-0.2, -0.15) is 0 Å². The summed E-state index contributed by atoms with van der Waals surface area (Å²) in [5.74, 6) is 0.896. The van der Waals surface area contributed by atoms with Crippen LogP contribution in [0.3, 0.4) is 0 Å². The Bertz CT molecular complexity index is 460. The summed E-state index contributed by atoms with van der Waals surface area (Å²) in [5, 5.41) is 3.41. The number of amides is 1. The number of halogens is 1. The smallest absolute Gasteiger partial charge is 0.232 e. The summed E-state index contributed by atoms with van der Waals surface area (Å²) < 4.78 is 11.8. The van der Waals surface area contributed by atoms with Crippen LogP contribution in [0.25, 0.3) is 0 Å². The van der Waals surface area contributed by atoms with Crippen LogP contribution in [-0.2, 0) is 21.3 Å². The van der Waals surface area contributed by atoms with E-state index in [1.807, 2.05) is 18.2 Å². The first-order valence-corrected chi connectivity index (χ1v) is 7.87. The van der Waals surface area contributed by atoms with Crippen molar-refractivity contribution in [1.29, 1.82) is 0 Å². The lowest BCUT2D eigenvalue weighted by Gasteiger charge is -2.05. The minimum absolute atomic E-state index is 0.0535. The molecule has 0 bridgehead atoms. The largest absolute Gasteiger partial charge is 0.355 e. The van der Waals surface area contributed by atoms with E-state index in [0.29, 0.717) is 16.7 Å². The van der Waals surface area contributed by atoms with E-state index in [4.69, 9.17) is 11.6 Å². The molecule has 0 saturated heterocycles. The fourth-order valence-electron chi connectivity index (χ4n) is 1.62. The van der Waals surface area contributed by atoms with Gasteiger partial charge in [-0.25, -0.2) is 0 Å². The molecule has 0 unspecified atom stereocenters. The van der Waals surface area contributed by atoms with Crippen LogP contribution < -0.4 is 5.32 Å². The average molecular weight is 286 g/mol. The van der Waals surface area contributed by atoms with Gasteiger partial charge in [-0.05, 0) is 30.4 Å². The Balaban J connectivity index is 1.77. The summed E-state index contributed by atoms with van der Waals surface area (Å²) in [6, 6.07) is 7.28. The van der Waals surface area contributed by atoms with Gasteiger partial charge < -0.3 is 5.32 Å². The van der Waals surface area contributed by atoms with Crippen molar-refractivity contribution >= 4 is 28.3 Å². The van der Waals surface area contributed by atoms with Crippen LogP contribution in [0.15, 0.2) is 24.3 Å². The molecule has 1 atom stereocenters. The molecule has 0 radical (unpaired) electrons. The second-order valence-electron chi connectivity index (χ2n) is 4.57. The average Bonchev–Trinajstić information content (AvgIpc) is 3.13. The normalized spacial score (nSPS) is 16.3. The topological polar surface area (TPSA) is 46.2 Å². The number of carbonyl (C=O) groups excluding carboxylic acids is 1. The third-order valence-corrected chi connectivity index (χ3v) is 4.44. The van der Waals surface area contributed by atoms with Crippen LogP contribution in [0.5, 0.6) is 0 Å². The molecule has 98 valence electrons. The van der Waals surface area contributed by atoms with Gasteiger partial charge in [0.25, 0.3) is 0 Å². The lowest BCUT2D eigenvalue weighted by atomic mass is 10.2. The monoisotopic (exact) mass is 285 g/mol. The van der Waals surface area contributed by atoms with Crippen LogP contribution in [0.1, 0.15) is 18.4 Å². The number of rotatable bonds is 6. The van der Waals surface area contributed by atoms with Crippen LogP contribution >= 0.6 is 11.6 Å². The van der Waals surface area contributed by atoms with Crippen LogP contribution in [0.2, 0.25) is 5.02 Å². The van der Waals surface area contributed by atoms with Gasteiger partial charge in [0.05, 0.1) is 5.75 Å². The van der Waals surface area contributed by atoms with Crippen molar-refractivity contribution in [2.45, 2.75) is 18.6 Å². The molecular weight excluding hydrogens is 270 g/mol. The second kappa shape index (κ2) is 6.34. The summed E-state index contributed by atoms with van der Waals surface area (Å²) in [7, 11) is -1.20. The highest BCUT2D eigenvalue weighted by molar-refractivity contribution is 7.84. The van der Waals surface area contributed by atoms with E-state index >= 15 is 0 Å². The first kappa shape index (κ1) is 13.6. The summed E-state index contributed by atoms with van der Waals surface area (Å²) in [5.41, 5.74) is 0.826. The van der Waals surface area contributed by atoms with E-state index in [1.165, 1.54) is 12.8 Å². The third kappa shape index (κ3) is 4.42. The number of hydrogen-bond acceptors (Lipinski definition) is 2. The Morgan fingerprint density at radius 1 is 1.39 bits per heavy atom. The molecule has 1 amide bonds. The summed E-state index contributed by atoms with van der Waals surface area (Å²) in [6.07, 6.45) is 2.39. The number of carbonyl (C=O) groups is 1. The van der Waals surface area contributed by atoms with Crippen LogP contribution in [0.4, 0.5) is 0 Å². The summed E-state index contributed by atoms with van der Waals surface area (Å²) >= 11 is 5.98. The number of hydrogen-bond donors (Lipinski definition) is 1. The molecule has 1 aromatic rings.